The molecule has 1 fully saturated rings. The van der Waals surface area contributed by atoms with Gasteiger partial charge in [0, 0.05) is 11.8 Å². The van der Waals surface area contributed by atoms with Gasteiger partial charge in [-0.3, -0.25) is 0 Å². The molecule has 1 N–H and O–H groups in total. The summed E-state index contributed by atoms with van der Waals surface area (Å²) in [5.41, 5.74) is 0.983. The number of anilines is 1. The molecule has 1 atom stereocenters. The molecular formula is C13H18FNS. The second kappa shape index (κ2) is 4.66. The smallest absolute Gasteiger partial charge is 0.146 e. The molecule has 2 rings (SSSR count). The van der Waals surface area contributed by atoms with Crippen LogP contribution in [0.15, 0.2) is 24.3 Å². The Morgan fingerprint density at radius 3 is 2.81 bits per heavy atom. The topological polar surface area (TPSA) is 12.0 Å². The maximum Gasteiger partial charge on any atom is 0.146 e. The fourth-order valence-corrected chi connectivity index (χ4v) is 3.43. The fourth-order valence-electron chi connectivity index (χ4n) is 2.15. The molecule has 1 nitrogen and oxygen atoms in total. The van der Waals surface area contributed by atoms with Crippen molar-refractivity contribution < 1.29 is 4.39 Å². The number of rotatable bonds is 2. The number of hydrogen-bond acceptors (Lipinski definition) is 2. The van der Waals surface area contributed by atoms with Crippen molar-refractivity contribution in [2.75, 3.05) is 16.8 Å². The van der Waals surface area contributed by atoms with Crippen molar-refractivity contribution in [3.63, 3.8) is 0 Å². The first-order chi connectivity index (χ1) is 7.57. The molecule has 0 aliphatic carbocycles. The lowest BCUT2D eigenvalue weighted by Gasteiger charge is -2.35. The first-order valence-corrected chi connectivity index (χ1v) is 6.81. The van der Waals surface area contributed by atoms with E-state index in [-0.39, 0.29) is 5.82 Å². The molecule has 1 aliphatic heterocycles. The zero-order valence-electron chi connectivity index (χ0n) is 9.79. The minimum absolute atomic E-state index is 0.157. The highest BCUT2D eigenvalue weighted by Crippen LogP contribution is 2.34. The third kappa shape index (κ3) is 2.91. The SMILES string of the molecule is CC1(C)CSCC(Nc2ccccc2F)C1. The van der Waals surface area contributed by atoms with Crippen LogP contribution in [-0.4, -0.2) is 17.5 Å². The van der Waals surface area contributed by atoms with E-state index in [0.29, 0.717) is 17.1 Å². The van der Waals surface area contributed by atoms with Crippen molar-refractivity contribution in [3.05, 3.63) is 30.1 Å². The van der Waals surface area contributed by atoms with Crippen molar-refractivity contribution >= 4 is 17.4 Å². The van der Waals surface area contributed by atoms with Crippen LogP contribution in [0.1, 0.15) is 20.3 Å². The van der Waals surface area contributed by atoms with Crippen molar-refractivity contribution in [3.8, 4) is 0 Å². The summed E-state index contributed by atoms with van der Waals surface area (Å²) in [6.07, 6.45) is 1.11. The second-order valence-corrected chi connectivity index (χ2v) is 6.23. The van der Waals surface area contributed by atoms with Crippen LogP contribution in [0, 0.1) is 11.2 Å². The number of hydrogen-bond donors (Lipinski definition) is 1. The Morgan fingerprint density at radius 1 is 1.38 bits per heavy atom. The summed E-state index contributed by atoms with van der Waals surface area (Å²) in [6.45, 7) is 4.55. The van der Waals surface area contributed by atoms with E-state index in [2.05, 4.69) is 19.2 Å². The standard InChI is InChI=1S/C13H18FNS/c1-13(2)7-10(8-16-9-13)15-12-6-4-3-5-11(12)14/h3-6,10,15H,7-9H2,1-2H3. The predicted molar refractivity (Wildman–Crippen MR) is 69.5 cm³/mol. The van der Waals surface area contributed by atoms with Gasteiger partial charge in [-0.2, -0.15) is 11.8 Å². The maximum atomic E-state index is 13.5. The summed E-state index contributed by atoms with van der Waals surface area (Å²) >= 11 is 1.95. The number of benzene rings is 1. The van der Waals surface area contributed by atoms with Crippen LogP contribution in [0.25, 0.3) is 0 Å². The average Bonchev–Trinajstić information content (AvgIpc) is 2.20. The molecule has 16 heavy (non-hydrogen) atoms. The van der Waals surface area contributed by atoms with Crippen LogP contribution in [-0.2, 0) is 0 Å². The van der Waals surface area contributed by atoms with E-state index in [9.17, 15) is 4.39 Å². The number of nitrogens with one attached hydrogen (secondary N) is 1. The van der Waals surface area contributed by atoms with E-state index in [1.54, 1.807) is 6.07 Å². The van der Waals surface area contributed by atoms with Gasteiger partial charge in [0.05, 0.1) is 5.69 Å². The van der Waals surface area contributed by atoms with Crippen molar-refractivity contribution in [1.29, 1.82) is 0 Å². The lowest BCUT2D eigenvalue weighted by Crippen LogP contribution is -2.35. The lowest BCUT2D eigenvalue weighted by molar-refractivity contribution is 0.357. The highest BCUT2D eigenvalue weighted by molar-refractivity contribution is 7.99. The highest BCUT2D eigenvalue weighted by atomic mass is 32.2. The van der Waals surface area contributed by atoms with E-state index in [4.69, 9.17) is 0 Å². The lowest BCUT2D eigenvalue weighted by atomic mass is 9.88. The van der Waals surface area contributed by atoms with Gasteiger partial charge in [-0.05, 0) is 29.7 Å². The zero-order valence-corrected chi connectivity index (χ0v) is 10.6. The fraction of sp³-hybridized carbons (Fsp3) is 0.538. The predicted octanol–water partition coefficient (Wildman–Crippen LogP) is 3.77. The first kappa shape index (κ1) is 11.8. The van der Waals surface area contributed by atoms with Crippen LogP contribution in [0.3, 0.4) is 0 Å². The van der Waals surface area contributed by atoms with E-state index in [1.807, 2.05) is 23.9 Å². The molecule has 1 aromatic rings. The highest BCUT2D eigenvalue weighted by Gasteiger charge is 2.28. The van der Waals surface area contributed by atoms with Crippen molar-refractivity contribution in [2.24, 2.45) is 5.41 Å². The number of para-hydroxylation sites is 1. The molecule has 1 aliphatic rings. The Kier molecular flexibility index (Phi) is 3.43. The quantitative estimate of drug-likeness (QED) is 0.843. The van der Waals surface area contributed by atoms with E-state index in [0.717, 1.165) is 12.2 Å². The summed E-state index contributed by atoms with van der Waals surface area (Å²) < 4.78 is 13.5. The molecular weight excluding hydrogens is 221 g/mol. The molecule has 1 unspecified atom stereocenters. The van der Waals surface area contributed by atoms with Gasteiger partial charge >= 0.3 is 0 Å². The minimum Gasteiger partial charge on any atom is -0.379 e. The third-order valence-electron chi connectivity index (χ3n) is 2.84. The van der Waals surface area contributed by atoms with Crippen LogP contribution in [0.2, 0.25) is 0 Å². The molecule has 0 spiro atoms. The number of halogens is 1. The Bertz CT molecular complexity index is 365. The van der Waals surface area contributed by atoms with Crippen molar-refractivity contribution in [2.45, 2.75) is 26.3 Å². The van der Waals surface area contributed by atoms with Crippen LogP contribution < -0.4 is 5.32 Å². The summed E-state index contributed by atoms with van der Waals surface area (Å²) in [7, 11) is 0. The number of thioether (sulfide) groups is 1. The maximum absolute atomic E-state index is 13.5. The second-order valence-electron chi connectivity index (χ2n) is 5.20. The summed E-state index contributed by atoms with van der Waals surface area (Å²) in [6, 6.07) is 7.28. The van der Waals surface area contributed by atoms with Crippen LogP contribution >= 0.6 is 11.8 Å². The molecule has 0 radical (unpaired) electrons. The van der Waals surface area contributed by atoms with E-state index < -0.39 is 0 Å². The molecule has 1 heterocycles. The van der Waals surface area contributed by atoms with Gasteiger partial charge in [0.1, 0.15) is 5.82 Å². The summed E-state index contributed by atoms with van der Waals surface area (Å²) in [4.78, 5) is 0. The molecule has 0 amide bonds. The largest absolute Gasteiger partial charge is 0.379 e. The normalized spacial score (nSPS) is 24.1. The van der Waals surface area contributed by atoms with Gasteiger partial charge in [-0.15, -0.1) is 0 Å². The van der Waals surface area contributed by atoms with Crippen LogP contribution in [0.5, 0.6) is 0 Å². The summed E-state index contributed by atoms with van der Waals surface area (Å²) in [5, 5.41) is 3.31. The molecule has 88 valence electrons. The average molecular weight is 239 g/mol. The Hall–Kier alpha value is -0.700. The molecule has 1 aromatic carbocycles. The molecule has 0 bridgehead atoms. The summed E-state index contributed by atoms with van der Waals surface area (Å²) in [5.74, 6) is 2.11. The van der Waals surface area contributed by atoms with Gasteiger partial charge in [0.15, 0.2) is 0 Å². The molecule has 0 aromatic heterocycles. The van der Waals surface area contributed by atoms with Crippen LogP contribution in [0.4, 0.5) is 10.1 Å². The Morgan fingerprint density at radius 2 is 2.12 bits per heavy atom. The Labute approximate surface area is 101 Å². The minimum atomic E-state index is -0.157. The third-order valence-corrected chi connectivity index (χ3v) is 4.47. The first-order valence-electron chi connectivity index (χ1n) is 5.66. The Balaban J connectivity index is 2.02. The van der Waals surface area contributed by atoms with Gasteiger partial charge in [0.2, 0.25) is 0 Å². The molecule has 1 saturated heterocycles. The molecule has 3 heteroatoms. The monoisotopic (exact) mass is 239 g/mol. The van der Waals surface area contributed by atoms with Gasteiger partial charge < -0.3 is 5.32 Å². The van der Waals surface area contributed by atoms with Gasteiger partial charge in [-0.25, -0.2) is 4.39 Å². The van der Waals surface area contributed by atoms with Gasteiger partial charge in [0.25, 0.3) is 0 Å². The zero-order chi connectivity index (χ0) is 11.6. The van der Waals surface area contributed by atoms with Gasteiger partial charge in [-0.1, -0.05) is 26.0 Å². The molecule has 0 saturated carbocycles. The van der Waals surface area contributed by atoms with E-state index >= 15 is 0 Å². The van der Waals surface area contributed by atoms with E-state index in [1.165, 1.54) is 11.8 Å². The van der Waals surface area contributed by atoms with Crippen molar-refractivity contribution in [1.82, 2.24) is 0 Å².